The number of ether oxygens (including phenoxy) is 1. The van der Waals surface area contributed by atoms with Crippen LogP contribution >= 0.6 is 0 Å². The molecule has 3 nitrogen and oxygen atoms in total. The third-order valence-electron chi connectivity index (χ3n) is 2.79. The lowest BCUT2D eigenvalue weighted by Gasteiger charge is -2.07. The molecule has 0 atom stereocenters. The van der Waals surface area contributed by atoms with Gasteiger partial charge in [-0.3, -0.25) is 0 Å². The van der Waals surface area contributed by atoms with E-state index in [4.69, 9.17) is 9.15 Å². The van der Waals surface area contributed by atoms with Crippen molar-refractivity contribution >= 4 is 0 Å². The molecule has 1 N–H and O–H groups in total. The largest absolute Gasteiger partial charge is 0.496 e. The van der Waals surface area contributed by atoms with Gasteiger partial charge < -0.3 is 14.5 Å². The number of methoxy groups -OCH3 is 1. The highest BCUT2D eigenvalue weighted by molar-refractivity contribution is 5.67. The molecule has 1 heterocycles. The van der Waals surface area contributed by atoms with Gasteiger partial charge in [0.2, 0.25) is 0 Å². The van der Waals surface area contributed by atoms with Gasteiger partial charge >= 0.3 is 0 Å². The molecular weight excluding hydrogens is 214 g/mol. The van der Waals surface area contributed by atoms with Crippen molar-refractivity contribution in [3.05, 3.63) is 41.9 Å². The molecule has 0 spiro atoms. The molecule has 90 valence electrons. The predicted octanol–water partition coefficient (Wildman–Crippen LogP) is 2.98. The van der Waals surface area contributed by atoms with Gasteiger partial charge in [0.15, 0.2) is 0 Å². The molecule has 1 aromatic heterocycles. The molecule has 0 saturated carbocycles. The van der Waals surface area contributed by atoms with Crippen molar-refractivity contribution in [1.29, 1.82) is 0 Å². The second-order valence-corrected chi connectivity index (χ2v) is 3.97. The fourth-order valence-electron chi connectivity index (χ4n) is 1.94. The second kappa shape index (κ2) is 5.06. The summed E-state index contributed by atoms with van der Waals surface area (Å²) in [6, 6.07) is 8.15. The lowest BCUT2D eigenvalue weighted by Crippen LogP contribution is -2.04. The Bertz CT molecular complexity index is 503. The molecule has 0 aliphatic rings. The van der Waals surface area contributed by atoms with E-state index in [2.05, 4.69) is 17.4 Å². The highest BCUT2D eigenvalue weighted by atomic mass is 16.5. The summed E-state index contributed by atoms with van der Waals surface area (Å²) in [5.74, 6) is 1.87. The van der Waals surface area contributed by atoms with Gasteiger partial charge in [-0.25, -0.2) is 0 Å². The SMILES string of the molecule is CNCc1occc1-c1ccc(OC)c(C)c1. The van der Waals surface area contributed by atoms with Crippen LogP contribution < -0.4 is 10.1 Å². The van der Waals surface area contributed by atoms with Crippen LogP contribution in [-0.2, 0) is 6.54 Å². The van der Waals surface area contributed by atoms with E-state index in [-0.39, 0.29) is 0 Å². The summed E-state index contributed by atoms with van der Waals surface area (Å²) in [6.07, 6.45) is 1.72. The highest BCUT2D eigenvalue weighted by Crippen LogP contribution is 2.29. The van der Waals surface area contributed by atoms with E-state index in [0.717, 1.165) is 34.7 Å². The Morgan fingerprint density at radius 2 is 2.12 bits per heavy atom. The van der Waals surface area contributed by atoms with Crippen LogP contribution in [0.4, 0.5) is 0 Å². The fraction of sp³-hybridized carbons (Fsp3) is 0.286. The van der Waals surface area contributed by atoms with E-state index in [9.17, 15) is 0 Å². The number of rotatable bonds is 4. The molecule has 2 rings (SSSR count). The third-order valence-corrected chi connectivity index (χ3v) is 2.79. The summed E-state index contributed by atoms with van der Waals surface area (Å²) >= 11 is 0. The van der Waals surface area contributed by atoms with Gasteiger partial charge in [0.25, 0.3) is 0 Å². The van der Waals surface area contributed by atoms with Gasteiger partial charge in [-0.1, -0.05) is 6.07 Å². The quantitative estimate of drug-likeness (QED) is 0.878. The molecule has 1 aromatic carbocycles. The topological polar surface area (TPSA) is 34.4 Å². The average molecular weight is 231 g/mol. The lowest BCUT2D eigenvalue weighted by molar-refractivity contribution is 0.412. The van der Waals surface area contributed by atoms with Gasteiger partial charge in [-0.05, 0) is 43.3 Å². The smallest absolute Gasteiger partial charge is 0.125 e. The van der Waals surface area contributed by atoms with Crippen molar-refractivity contribution in [3.63, 3.8) is 0 Å². The summed E-state index contributed by atoms with van der Waals surface area (Å²) in [5.41, 5.74) is 3.41. The first-order valence-corrected chi connectivity index (χ1v) is 5.62. The normalized spacial score (nSPS) is 10.5. The maximum absolute atomic E-state index is 5.46. The Balaban J connectivity index is 2.39. The third kappa shape index (κ3) is 2.34. The number of hydrogen-bond donors (Lipinski definition) is 1. The number of hydrogen-bond acceptors (Lipinski definition) is 3. The van der Waals surface area contributed by atoms with E-state index >= 15 is 0 Å². The van der Waals surface area contributed by atoms with Crippen LogP contribution in [0.15, 0.2) is 34.9 Å². The van der Waals surface area contributed by atoms with E-state index in [1.165, 1.54) is 0 Å². The van der Waals surface area contributed by atoms with Crippen LogP contribution in [0, 0.1) is 6.92 Å². The molecule has 3 heteroatoms. The summed E-state index contributed by atoms with van der Waals surface area (Å²) in [7, 11) is 3.60. The van der Waals surface area contributed by atoms with Gasteiger partial charge in [0, 0.05) is 5.56 Å². The zero-order valence-corrected chi connectivity index (χ0v) is 10.4. The van der Waals surface area contributed by atoms with E-state index in [0.29, 0.717) is 0 Å². The molecule has 17 heavy (non-hydrogen) atoms. The van der Waals surface area contributed by atoms with E-state index < -0.39 is 0 Å². The Kier molecular flexibility index (Phi) is 3.49. The summed E-state index contributed by atoms with van der Waals surface area (Å²) in [5, 5.41) is 3.10. The first-order chi connectivity index (χ1) is 8.26. The molecule has 0 unspecified atom stereocenters. The number of nitrogens with one attached hydrogen (secondary N) is 1. The summed E-state index contributed by atoms with van der Waals surface area (Å²) in [4.78, 5) is 0. The Morgan fingerprint density at radius 1 is 1.29 bits per heavy atom. The van der Waals surface area contributed by atoms with Crippen LogP contribution in [-0.4, -0.2) is 14.2 Å². The zero-order valence-electron chi connectivity index (χ0n) is 10.4. The molecule has 0 bridgehead atoms. The van der Waals surface area contributed by atoms with Crippen LogP contribution in [0.25, 0.3) is 11.1 Å². The molecule has 0 radical (unpaired) electrons. The molecule has 0 aliphatic carbocycles. The van der Waals surface area contributed by atoms with Crippen LogP contribution in [0.5, 0.6) is 5.75 Å². The average Bonchev–Trinajstić information content (AvgIpc) is 2.78. The Morgan fingerprint density at radius 3 is 2.76 bits per heavy atom. The van der Waals surface area contributed by atoms with Crippen molar-refractivity contribution < 1.29 is 9.15 Å². The fourth-order valence-corrected chi connectivity index (χ4v) is 1.94. The molecule has 2 aromatic rings. The van der Waals surface area contributed by atoms with Crippen LogP contribution in [0.2, 0.25) is 0 Å². The molecular formula is C14H17NO2. The molecule has 0 fully saturated rings. The van der Waals surface area contributed by atoms with E-state index in [1.807, 2.05) is 26.1 Å². The predicted molar refractivity (Wildman–Crippen MR) is 68.2 cm³/mol. The van der Waals surface area contributed by atoms with Gasteiger partial charge in [-0.15, -0.1) is 0 Å². The Labute approximate surface area is 101 Å². The molecule has 0 saturated heterocycles. The standard InChI is InChI=1S/C14H17NO2/c1-10-8-11(4-5-13(10)16-3)12-6-7-17-14(12)9-15-2/h4-8,15H,9H2,1-3H3. The monoisotopic (exact) mass is 231 g/mol. The summed E-state index contributed by atoms with van der Waals surface area (Å²) < 4.78 is 10.7. The minimum Gasteiger partial charge on any atom is -0.496 e. The zero-order chi connectivity index (χ0) is 12.3. The number of aryl methyl sites for hydroxylation is 1. The Hall–Kier alpha value is -1.74. The first-order valence-electron chi connectivity index (χ1n) is 5.62. The van der Waals surface area contributed by atoms with Crippen molar-refractivity contribution in [3.8, 4) is 16.9 Å². The maximum Gasteiger partial charge on any atom is 0.125 e. The van der Waals surface area contributed by atoms with Crippen molar-refractivity contribution in [2.45, 2.75) is 13.5 Å². The minimum absolute atomic E-state index is 0.730. The van der Waals surface area contributed by atoms with Gasteiger partial charge in [0.05, 0.1) is 19.9 Å². The molecule has 0 aliphatic heterocycles. The van der Waals surface area contributed by atoms with Crippen LogP contribution in [0.3, 0.4) is 0 Å². The number of furan rings is 1. The van der Waals surface area contributed by atoms with Crippen molar-refractivity contribution in [2.24, 2.45) is 0 Å². The van der Waals surface area contributed by atoms with E-state index in [1.54, 1.807) is 13.4 Å². The highest BCUT2D eigenvalue weighted by Gasteiger charge is 2.09. The second-order valence-electron chi connectivity index (χ2n) is 3.97. The molecule has 0 amide bonds. The van der Waals surface area contributed by atoms with Gasteiger partial charge in [0.1, 0.15) is 11.5 Å². The summed E-state index contributed by atoms with van der Waals surface area (Å²) in [6.45, 7) is 2.77. The van der Waals surface area contributed by atoms with Crippen molar-refractivity contribution in [1.82, 2.24) is 5.32 Å². The van der Waals surface area contributed by atoms with Crippen LogP contribution in [0.1, 0.15) is 11.3 Å². The van der Waals surface area contributed by atoms with Gasteiger partial charge in [-0.2, -0.15) is 0 Å². The minimum atomic E-state index is 0.730. The lowest BCUT2D eigenvalue weighted by atomic mass is 10.0. The number of benzene rings is 1. The van der Waals surface area contributed by atoms with Crippen molar-refractivity contribution in [2.75, 3.05) is 14.2 Å². The first kappa shape index (κ1) is 11.7. The maximum atomic E-state index is 5.46.